The van der Waals surface area contributed by atoms with Crippen LogP contribution in [0, 0.1) is 0 Å². The number of hydrogen-bond acceptors (Lipinski definition) is 6. The molecule has 0 rings (SSSR count). The molecule has 0 spiro atoms. The molecule has 78 heavy (non-hydrogen) atoms. The van der Waals surface area contributed by atoms with Crippen LogP contribution in [0.1, 0.15) is 348 Å². The quantitative estimate of drug-likeness (QED) is 0.0261. The molecule has 0 saturated carbocycles. The number of hydrogen-bond donors (Lipinski definition) is 0. The van der Waals surface area contributed by atoms with Gasteiger partial charge in [0.25, 0.3) is 0 Å². The molecule has 1 atom stereocenters. The van der Waals surface area contributed by atoms with E-state index in [0.717, 1.165) is 96.3 Å². The number of allylic oxidation sites excluding steroid dienone is 12. The van der Waals surface area contributed by atoms with Crippen molar-refractivity contribution >= 4 is 17.9 Å². The Bertz CT molecular complexity index is 1440. The molecule has 0 aromatic rings. The van der Waals surface area contributed by atoms with Crippen LogP contribution in [0.3, 0.4) is 0 Å². The Kier molecular flexibility index (Phi) is 63.7. The van der Waals surface area contributed by atoms with Crippen molar-refractivity contribution in [2.45, 2.75) is 354 Å². The maximum Gasteiger partial charge on any atom is 0.306 e. The average molecular weight is 1090 g/mol. The Hall–Kier alpha value is -3.15. The highest BCUT2D eigenvalue weighted by molar-refractivity contribution is 5.71. The summed E-state index contributed by atoms with van der Waals surface area (Å²) in [5, 5.41) is 0. The van der Waals surface area contributed by atoms with E-state index >= 15 is 0 Å². The van der Waals surface area contributed by atoms with Gasteiger partial charge >= 0.3 is 17.9 Å². The van der Waals surface area contributed by atoms with Gasteiger partial charge in [0.2, 0.25) is 0 Å². The van der Waals surface area contributed by atoms with Crippen molar-refractivity contribution in [3.8, 4) is 0 Å². The summed E-state index contributed by atoms with van der Waals surface area (Å²) in [5.41, 5.74) is 0. The van der Waals surface area contributed by atoms with E-state index in [0.29, 0.717) is 19.3 Å². The zero-order valence-corrected chi connectivity index (χ0v) is 51.9. The monoisotopic (exact) mass is 1090 g/mol. The van der Waals surface area contributed by atoms with Gasteiger partial charge in [0, 0.05) is 19.3 Å². The fourth-order valence-electron chi connectivity index (χ4n) is 9.88. The Morgan fingerprint density at radius 1 is 0.269 bits per heavy atom. The molecule has 1 unspecified atom stereocenters. The van der Waals surface area contributed by atoms with Gasteiger partial charge in [0.05, 0.1) is 0 Å². The summed E-state index contributed by atoms with van der Waals surface area (Å²) in [6.07, 6.45) is 86.2. The summed E-state index contributed by atoms with van der Waals surface area (Å²) in [6.45, 7) is 6.57. The smallest absolute Gasteiger partial charge is 0.306 e. The number of unbranched alkanes of at least 4 members (excludes halogenated alkanes) is 39. The van der Waals surface area contributed by atoms with Gasteiger partial charge in [-0.25, -0.2) is 0 Å². The van der Waals surface area contributed by atoms with Crippen LogP contribution < -0.4 is 0 Å². The van der Waals surface area contributed by atoms with Crippen molar-refractivity contribution in [1.29, 1.82) is 0 Å². The van der Waals surface area contributed by atoms with Gasteiger partial charge < -0.3 is 14.2 Å². The largest absolute Gasteiger partial charge is 0.462 e. The molecule has 0 saturated heterocycles. The molecular weight excluding hydrogens is 961 g/mol. The summed E-state index contributed by atoms with van der Waals surface area (Å²) < 4.78 is 17.0. The van der Waals surface area contributed by atoms with E-state index in [-0.39, 0.29) is 31.1 Å². The number of carbonyl (C=O) groups excluding carboxylic acids is 3. The molecule has 6 heteroatoms. The minimum atomic E-state index is -0.779. The van der Waals surface area contributed by atoms with Crippen LogP contribution in [-0.2, 0) is 28.6 Å². The first-order valence-electron chi connectivity index (χ1n) is 33.9. The fourth-order valence-corrected chi connectivity index (χ4v) is 9.88. The number of esters is 3. The minimum Gasteiger partial charge on any atom is -0.462 e. The SMILES string of the molecule is CC/C=C\C/C=C\C/C=C\C/C=C\C/C=C\CCCCCCCCCCCC(=O)OCC(COC(=O)CCCCCCCCC/C=C\CCCCCCCC)OC(=O)CCCCCCCCCCCCCCCCCCCC. The zero-order valence-electron chi connectivity index (χ0n) is 51.9. The van der Waals surface area contributed by atoms with Crippen LogP contribution in [0.5, 0.6) is 0 Å². The Morgan fingerprint density at radius 3 is 0.795 bits per heavy atom. The van der Waals surface area contributed by atoms with Crippen molar-refractivity contribution < 1.29 is 28.6 Å². The van der Waals surface area contributed by atoms with E-state index in [9.17, 15) is 14.4 Å². The Balaban J connectivity index is 4.34. The highest BCUT2D eigenvalue weighted by atomic mass is 16.6. The molecular formula is C72H128O6. The van der Waals surface area contributed by atoms with E-state index in [1.807, 2.05) is 0 Å². The first kappa shape index (κ1) is 74.8. The van der Waals surface area contributed by atoms with Gasteiger partial charge in [0.1, 0.15) is 13.2 Å². The maximum absolute atomic E-state index is 12.9. The van der Waals surface area contributed by atoms with Gasteiger partial charge in [-0.15, -0.1) is 0 Å². The number of carbonyl (C=O) groups is 3. The van der Waals surface area contributed by atoms with Crippen LogP contribution >= 0.6 is 0 Å². The van der Waals surface area contributed by atoms with Crippen LogP contribution in [0.25, 0.3) is 0 Å². The van der Waals surface area contributed by atoms with E-state index in [1.165, 1.54) is 212 Å². The van der Waals surface area contributed by atoms with Crippen LogP contribution in [-0.4, -0.2) is 37.2 Å². The molecule has 452 valence electrons. The van der Waals surface area contributed by atoms with Crippen molar-refractivity contribution in [2.75, 3.05) is 13.2 Å². The van der Waals surface area contributed by atoms with E-state index in [2.05, 4.69) is 93.7 Å². The first-order chi connectivity index (χ1) is 38.5. The zero-order chi connectivity index (χ0) is 56.4. The molecule has 0 aliphatic heterocycles. The predicted molar refractivity (Wildman–Crippen MR) is 339 cm³/mol. The molecule has 0 amide bonds. The van der Waals surface area contributed by atoms with Gasteiger partial charge in [-0.1, -0.05) is 312 Å². The highest BCUT2D eigenvalue weighted by Gasteiger charge is 2.19. The topological polar surface area (TPSA) is 78.9 Å². The second-order valence-corrected chi connectivity index (χ2v) is 22.7. The van der Waals surface area contributed by atoms with Crippen LogP contribution in [0.15, 0.2) is 72.9 Å². The van der Waals surface area contributed by atoms with E-state index < -0.39 is 6.10 Å². The van der Waals surface area contributed by atoms with Crippen molar-refractivity contribution in [3.05, 3.63) is 72.9 Å². The lowest BCUT2D eigenvalue weighted by Gasteiger charge is -2.18. The third kappa shape index (κ3) is 63.7. The van der Waals surface area contributed by atoms with Crippen molar-refractivity contribution in [1.82, 2.24) is 0 Å². The Labute approximate surface area is 484 Å². The molecule has 6 nitrogen and oxygen atoms in total. The van der Waals surface area contributed by atoms with Crippen LogP contribution in [0.4, 0.5) is 0 Å². The van der Waals surface area contributed by atoms with Gasteiger partial charge in [-0.3, -0.25) is 14.4 Å². The second-order valence-electron chi connectivity index (χ2n) is 22.7. The van der Waals surface area contributed by atoms with E-state index in [1.54, 1.807) is 0 Å². The third-order valence-electron chi connectivity index (χ3n) is 14.9. The maximum atomic E-state index is 12.9. The van der Waals surface area contributed by atoms with Crippen molar-refractivity contribution in [2.24, 2.45) is 0 Å². The first-order valence-corrected chi connectivity index (χ1v) is 33.9. The minimum absolute atomic E-state index is 0.0756. The lowest BCUT2D eigenvalue weighted by Crippen LogP contribution is -2.30. The molecule has 0 radical (unpaired) electrons. The molecule has 0 bridgehead atoms. The van der Waals surface area contributed by atoms with Crippen molar-refractivity contribution in [3.63, 3.8) is 0 Å². The summed E-state index contributed by atoms with van der Waals surface area (Å²) in [4.78, 5) is 38.4. The standard InChI is InChI=1S/C72H128O6/c1-4-7-10-13-16-19-22-25-28-31-33-34-35-36-37-38-39-42-44-47-50-53-56-59-62-65-71(74)77-68-69(67-76-70(73)64-61-58-55-52-49-46-43-40-30-27-24-21-18-15-12-9-6-3)78-72(75)66-63-60-57-54-51-48-45-41-32-29-26-23-20-17-14-11-8-5-2/h7,10,16,19,25,27-28,30,33-34,36-37,69H,4-6,8-9,11-15,17-18,20-24,26,29,31-32,35,38-68H2,1-3H3/b10-7-,19-16-,28-25-,30-27-,34-33-,37-36-. The van der Waals surface area contributed by atoms with E-state index in [4.69, 9.17) is 14.2 Å². The normalized spacial score (nSPS) is 12.5. The number of rotatable bonds is 62. The highest BCUT2D eigenvalue weighted by Crippen LogP contribution is 2.17. The molecule has 0 fully saturated rings. The lowest BCUT2D eigenvalue weighted by atomic mass is 10.0. The molecule has 0 heterocycles. The lowest BCUT2D eigenvalue weighted by molar-refractivity contribution is -0.167. The van der Waals surface area contributed by atoms with Gasteiger partial charge in [0.15, 0.2) is 6.10 Å². The molecule has 0 N–H and O–H groups in total. The summed E-state index contributed by atoms with van der Waals surface area (Å²) >= 11 is 0. The number of ether oxygens (including phenoxy) is 3. The molecule has 0 aliphatic carbocycles. The Morgan fingerprint density at radius 2 is 0.500 bits per heavy atom. The summed E-state index contributed by atoms with van der Waals surface area (Å²) in [5.74, 6) is -0.864. The molecule has 0 aromatic heterocycles. The summed E-state index contributed by atoms with van der Waals surface area (Å²) in [6, 6.07) is 0. The fraction of sp³-hybridized carbons (Fsp3) is 0.792. The summed E-state index contributed by atoms with van der Waals surface area (Å²) in [7, 11) is 0. The second kappa shape index (κ2) is 66.4. The average Bonchev–Trinajstić information content (AvgIpc) is 3.44. The molecule has 0 aromatic carbocycles. The predicted octanol–water partition coefficient (Wildman–Crippen LogP) is 23.3. The van der Waals surface area contributed by atoms with Gasteiger partial charge in [-0.05, 0) is 89.9 Å². The van der Waals surface area contributed by atoms with Crippen LogP contribution in [0.2, 0.25) is 0 Å². The third-order valence-corrected chi connectivity index (χ3v) is 14.9. The molecule has 0 aliphatic rings. The van der Waals surface area contributed by atoms with Gasteiger partial charge in [-0.2, -0.15) is 0 Å².